The number of carbonyl (C=O) groups is 1. The summed E-state index contributed by atoms with van der Waals surface area (Å²) in [7, 11) is 0. The SMILES string of the molecule is CCOC(=O)c1ccc(Sc2ncccn2)c(N)c1. The lowest BCUT2D eigenvalue weighted by atomic mass is 10.2. The molecule has 0 aliphatic heterocycles. The summed E-state index contributed by atoms with van der Waals surface area (Å²) in [6.45, 7) is 2.10. The van der Waals surface area contributed by atoms with Gasteiger partial charge in [0.1, 0.15) is 0 Å². The van der Waals surface area contributed by atoms with Crippen LogP contribution in [0.5, 0.6) is 0 Å². The summed E-state index contributed by atoms with van der Waals surface area (Å²) in [6, 6.07) is 6.79. The lowest BCUT2D eigenvalue weighted by Gasteiger charge is -2.06. The van der Waals surface area contributed by atoms with Crippen molar-refractivity contribution < 1.29 is 9.53 Å². The number of hydrogen-bond acceptors (Lipinski definition) is 6. The Morgan fingerprint density at radius 1 is 1.37 bits per heavy atom. The number of aromatic nitrogens is 2. The van der Waals surface area contributed by atoms with Crippen LogP contribution in [0, 0.1) is 0 Å². The molecule has 0 aliphatic rings. The van der Waals surface area contributed by atoms with Crippen LogP contribution in [0.15, 0.2) is 46.7 Å². The fourth-order valence-corrected chi connectivity index (χ4v) is 2.16. The van der Waals surface area contributed by atoms with Crippen LogP contribution in [-0.4, -0.2) is 22.5 Å². The molecular formula is C13H13N3O2S. The Morgan fingerprint density at radius 2 is 2.11 bits per heavy atom. The summed E-state index contributed by atoms with van der Waals surface area (Å²) < 4.78 is 4.92. The molecule has 1 aromatic carbocycles. The maximum absolute atomic E-state index is 11.6. The average molecular weight is 275 g/mol. The van der Waals surface area contributed by atoms with Crippen molar-refractivity contribution in [3.05, 3.63) is 42.2 Å². The van der Waals surface area contributed by atoms with E-state index in [9.17, 15) is 4.79 Å². The van der Waals surface area contributed by atoms with Crippen molar-refractivity contribution in [1.29, 1.82) is 0 Å². The third-order valence-corrected chi connectivity index (χ3v) is 3.25. The molecule has 0 saturated carbocycles. The maximum Gasteiger partial charge on any atom is 0.338 e. The normalized spacial score (nSPS) is 10.2. The lowest BCUT2D eigenvalue weighted by Crippen LogP contribution is -2.05. The van der Waals surface area contributed by atoms with Crippen molar-refractivity contribution >= 4 is 23.4 Å². The highest BCUT2D eigenvalue weighted by Crippen LogP contribution is 2.30. The van der Waals surface area contributed by atoms with Gasteiger partial charge >= 0.3 is 5.97 Å². The van der Waals surface area contributed by atoms with Gasteiger partial charge < -0.3 is 10.5 Å². The molecular weight excluding hydrogens is 262 g/mol. The molecule has 5 nitrogen and oxygen atoms in total. The molecule has 0 aliphatic carbocycles. The number of rotatable bonds is 4. The molecule has 0 amide bonds. The summed E-state index contributed by atoms with van der Waals surface area (Å²) in [5.41, 5.74) is 6.86. The first-order valence-electron chi connectivity index (χ1n) is 5.72. The quantitative estimate of drug-likeness (QED) is 0.524. The number of benzene rings is 1. The van der Waals surface area contributed by atoms with Gasteiger partial charge in [0.05, 0.1) is 12.2 Å². The Kier molecular flexibility index (Phi) is 4.35. The van der Waals surface area contributed by atoms with E-state index >= 15 is 0 Å². The van der Waals surface area contributed by atoms with E-state index in [0.717, 1.165) is 4.90 Å². The first-order chi connectivity index (χ1) is 9.20. The van der Waals surface area contributed by atoms with Crippen molar-refractivity contribution in [3.63, 3.8) is 0 Å². The molecule has 0 bridgehead atoms. The molecule has 1 aromatic heterocycles. The number of carbonyl (C=O) groups excluding carboxylic acids is 1. The summed E-state index contributed by atoms with van der Waals surface area (Å²) in [5, 5.41) is 0.609. The summed E-state index contributed by atoms with van der Waals surface area (Å²) >= 11 is 1.35. The molecule has 0 atom stereocenters. The third kappa shape index (κ3) is 3.45. The second kappa shape index (κ2) is 6.19. The Labute approximate surface area is 115 Å². The Bertz CT molecular complexity index is 575. The molecule has 2 N–H and O–H groups in total. The minimum atomic E-state index is -0.373. The highest BCUT2D eigenvalue weighted by Gasteiger charge is 2.10. The molecule has 0 spiro atoms. The van der Waals surface area contributed by atoms with Gasteiger partial charge in [-0.2, -0.15) is 0 Å². The van der Waals surface area contributed by atoms with Crippen molar-refractivity contribution in [2.24, 2.45) is 0 Å². The van der Waals surface area contributed by atoms with Crippen molar-refractivity contribution in [2.45, 2.75) is 17.0 Å². The number of anilines is 1. The predicted octanol–water partition coefficient (Wildman–Crippen LogP) is 2.39. The van der Waals surface area contributed by atoms with E-state index in [-0.39, 0.29) is 5.97 Å². The predicted molar refractivity (Wildman–Crippen MR) is 73.0 cm³/mol. The van der Waals surface area contributed by atoms with Gasteiger partial charge in [0.25, 0.3) is 0 Å². The van der Waals surface area contributed by atoms with Gasteiger partial charge in [0, 0.05) is 23.0 Å². The van der Waals surface area contributed by atoms with Crippen LogP contribution in [0.3, 0.4) is 0 Å². The van der Waals surface area contributed by atoms with Crippen LogP contribution in [0.2, 0.25) is 0 Å². The molecule has 2 aromatic rings. The van der Waals surface area contributed by atoms with Crippen molar-refractivity contribution in [3.8, 4) is 0 Å². The highest BCUT2D eigenvalue weighted by atomic mass is 32.2. The summed E-state index contributed by atoms with van der Waals surface area (Å²) in [5.74, 6) is -0.373. The molecule has 0 radical (unpaired) electrons. The van der Waals surface area contributed by atoms with E-state index in [0.29, 0.717) is 23.0 Å². The van der Waals surface area contributed by atoms with Crippen LogP contribution < -0.4 is 5.73 Å². The van der Waals surface area contributed by atoms with Crippen LogP contribution in [0.4, 0.5) is 5.69 Å². The number of nitrogen functional groups attached to an aromatic ring is 1. The monoisotopic (exact) mass is 275 g/mol. The molecule has 0 saturated heterocycles. The van der Waals surface area contributed by atoms with Crippen molar-refractivity contribution in [2.75, 3.05) is 12.3 Å². The fourth-order valence-electron chi connectivity index (χ4n) is 1.42. The Balaban J connectivity index is 2.18. The summed E-state index contributed by atoms with van der Waals surface area (Å²) in [6.07, 6.45) is 3.33. The molecule has 6 heteroatoms. The van der Waals surface area contributed by atoms with E-state index in [1.807, 2.05) is 0 Å². The second-order valence-electron chi connectivity index (χ2n) is 3.61. The number of nitrogens with two attached hydrogens (primary N) is 1. The van der Waals surface area contributed by atoms with Gasteiger partial charge in [-0.05, 0) is 43.0 Å². The standard InChI is InChI=1S/C13H13N3O2S/c1-2-18-12(17)9-4-5-11(10(14)8-9)19-13-15-6-3-7-16-13/h3-8H,2,14H2,1H3. The first kappa shape index (κ1) is 13.4. The van der Waals surface area contributed by atoms with E-state index in [2.05, 4.69) is 9.97 Å². The third-order valence-electron chi connectivity index (χ3n) is 2.26. The Hall–Kier alpha value is -2.08. The molecule has 0 fully saturated rings. The van der Waals surface area contributed by atoms with Gasteiger partial charge in [-0.1, -0.05) is 0 Å². The van der Waals surface area contributed by atoms with Gasteiger partial charge in [-0.25, -0.2) is 14.8 Å². The lowest BCUT2D eigenvalue weighted by molar-refractivity contribution is 0.0526. The smallest absolute Gasteiger partial charge is 0.338 e. The van der Waals surface area contributed by atoms with Gasteiger partial charge in [-0.3, -0.25) is 0 Å². The minimum absolute atomic E-state index is 0.340. The Morgan fingerprint density at radius 3 is 2.74 bits per heavy atom. The zero-order chi connectivity index (χ0) is 13.7. The molecule has 98 valence electrons. The molecule has 0 unspecified atom stereocenters. The largest absolute Gasteiger partial charge is 0.462 e. The zero-order valence-corrected chi connectivity index (χ0v) is 11.2. The summed E-state index contributed by atoms with van der Waals surface area (Å²) in [4.78, 5) is 20.6. The van der Waals surface area contributed by atoms with E-state index in [4.69, 9.17) is 10.5 Å². The van der Waals surface area contributed by atoms with E-state index in [1.165, 1.54) is 11.8 Å². The molecule has 1 heterocycles. The number of esters is 1. The van der Waals surface area contributed by atoms with Crippen LogP contribution in [-0.2, 0) is 4.74 Å². The van der Waals surface area contributed by atoms with E-state index in [1.54, 1.807) is 43.6 Å². The van der Waals surface area contributed by atoms with Crippen LogP contribution in [0.25, 0.3) is 0 Å². The molecule has 2 rings (SSSR count). The number of nitrogens with zero attached hydrogens (tertiary/aromatic N) is 2. The average Bonchev–Trinajstić information content (AvgIpc) is 2.42. The molecule has 19 heavy (non-hydrogen) atoms. The van der Waals surface area contributed by atoms with Gasteiger partial charge in [0.15, 0.2) is 5.16 Å². The van der Waals surface area contributed by atoms with Gasteiger partial charge in [-0.15, -0.1) is 0 Å². The number of hydrogen-bond donors (Lipinski definition) is 1. The van der Waals surface area contributed by atoms with Crippen LogP contribution >= 0.6 is 11.8 Å². The van der Waals surface area contributed by atoms with E-state index < -0.39 is 0 Å². The topological polar surface area (TPSA) is 78.1 Å². The number of ether oxygens (including phenoxy) is 1. The van der Waals surface area contributed by atoms with Gasteiger partial charge in [0.2, 0.25) is 0 Å². The van der Waals surface area contributed by atoms with Crippen molar-refractivity contribution in [1.82, 2.24) is 9.97 Å². The minimum Gasteiger partial charge on any atom is -0.462 e. The van der Waals surface area contributed by atoms with Crippen LogP contribution in [0.1, 0.15) is 17.3 Å². The zero-order valence-electron chi connectivity index (χ0n) is 10.4. The maximum atomic E-state index is 11.6. The fraction of sp³-hybridized carbons (Fsp3) is 0.154. The second-order valence-corrected chi connectivity index (χ2v) is 4.62. The highest BCUT2D eigenvalue weighted by molar-refractivity contribution is 7.99. The first-order valence-corrected chi connectivity index (χ1v) is 6.54.